The number of pyridine rings is 1. The van der Waals surface area contributed by atoms with Crippen LogP contribution in [0.3, 0.4) is 0 Å². The first-order chi connectivity index (χ1) is 11.3. The standard InChI is InChI=1S/C17H17N5O/c1-23-15-6-2-5-14(10-15)21-17-19-9-7-16(22-17)20-12-13-4-3-8-18-11-13/h2-11H,12H2,1H3,(H2,19,20,21,22). The summed E-state index contributed by atoms with van der Waals surface area (Å²) in [6, 6.07) is 13.4. The van der Waals surface area contributed by atoms with Crippen LogP contribution < -0.4 is 15.4 Å². The number of hydrogen-bond acceptors (Lipinski definition) is 6. The van der Waals surface area contributed by atoms with Gasteiger partial charge >= 0.3 is 0 Å². The summed E-state index contributed by atoms with van der Waals surface area (Å²) in [4.78, 5) is 12.8. The van der Waals surface area contributed by atoms with Gasteiger partial charge in [-0.05, 0) is 29.8 Å². The average molecular weight is 307 g/mol. The Balaban J connectivity index is 1.67. The Kier molecular flexibility index (Phi) is 4.63. The molecule has 3 rings (SSSR count). The van der Waals surface area contributed by atoms with E-state index in [0.717, 1.165) is 22.8 Å². The van der Waals surface area contributed by atoms with Crippen molar-refractivity contribution >= 4 is 17.5 Å². The molecule has 6 nitrogen and oxygen atoms in total. The first kappa shape index (κ1) is 14.8. The lowest BCUT2D eigenvalue weighted by Gasteiger charge is -2.09. The molecular weight excluding hydrogens is 290 g/mol. The van der Waals surface area contributed by atoms with E-state index in [4.69, 9.17) is 4.74 Å². The van der Waals surface area contributed by atoms with Crippen LogP contribution in [0.1, 0.15) is 5.56 Å². The molecule has 1 aromatic carbocycles. The highest BCUT2D eigenvalue weighted by molar-refractivity contribution is 5.56. The Hall–Kier alpha value is -3.15. The van der Waals surface area contributed by atoms with Gasteiger partial charge in [0.05, 0.1) is 7.11 Å². The van der Waals surface area contributed by atoms with Gasteiger partial charge in [0.15, 0.2) is 0 Å². The minimum absolute atomic E-state index is 0.523. The van der Waals surface area contributed by atoms with Crippen LogP contribution in [0.2, 0.25) is 0 Å². The van der Waals surface area contributed by atoms with Gasteiger partial charge in [-0.3, -0.25) is 4.98 Å². The van der Waals surface area contributed by atoms with Crippen molar-refractivity contribution in [2.24, 2.45) is 0 Å². The smallest absolute Gasteiger partial charge is 0.229 e. The van der Waals surface area contributed by atoms with E-state index in [1.807, 2.05) is 48.7 Å². The van der Waals surface area contributed by atoms with Crippen molar-refractivity contribution in [1.82, 2.24) is 15.0 Å². The van der Waals surface area contributed by atoms with E-state index in [1.54, 1.807) is 19.5 Å². The van der Waals surface area contributed by atoms with Gasteiger partial charge in [-0.2, -0.15) is 4.98 Å². The van der Waals surface area contributed by atoms with Crippen LogP contribution in [0.15, 0.2) is 61.1 Å². The maximum absolute atomic E-state index is 5.20. The van der Waals surface area contributed by atoms with Crippen LogP contribution in [-0.4, -0.2) is 22.1 Å². The van der Waals surface area contributed by atoms with Gasteiger partial charge in [-0.1, -0.05) is 12.1 Å². The van der Waals surface area contributed by atoms with Gasteiger partial charge in [-0.25, -0.2) is 4.98 Å². The molecule has 2 N–H and O–H groups in total. The number of anilines is 3. The molecule has 23 heavy (non-hydrogen) atoms. The normalized spacial score (nSPS) is 10.1. The van der Waals surface area contributed by atoms with Crippen molar-refractivity contribution in [1.29, 1.82) is 0 Å². The quantitative estimate of drug-likeness (QED) is 0.728. The summed E-state index contributed by atoms with van der Waals surface area (Å²) in [5.41, 5.74) is 1.96. The van der Waals surface area contributed by atoms with E-state index in [-0.39, 0.29) is 0 Å². The molecule has 0 radical (unpaired) electrons. The Morgan fingerprint density at radius 2 is 2.04 bits per heavy atom. The number of nitrogens with zero attached hydrogens (tertiary/aromatic N) is 3. The molecule has 0 spiro atoms. The molecular formula is C17H17N5O. The summed E-state index contributed by atoms with van der Waals surface area (Å²) in [7, 11) is 1.64. The van der Waals surface area contributed by atoms with Gasteiger partial charge < -0.3 is 15.4 Å². The van der Waals surface area contributed by atoms with Crippen molar-refractivity contribution in [3.8, 4) is 5.75 Å². The molecule has 0 fully saturated rings. The third kappa shape index (κ3) is 4.16. The number of aromatic nitrogens is 3. The second-order valence-electron chi connectivity index (χ2n) is 4.84. The molecule has 0 saturated carbocycles. The Bertz CT molecular complexity index is 764. The van der Waals surface area contributed by atoms with E-state index in [9.17, 15) is 0 Å². The second kappa shape index (κ2) is 7.22. The summed E-state index contributed by atoms with van der Waals surface area (Å²) < 4.78 is 5.20. The Morgan fingerprint density at radius 1 is 1.09 bits per heavy atom. The zero-order valence-corrected chi connectivity index (χ0v) is 12.7. The van der Waals surface area contributed by atoms with Crippen molar-refractivity contribution in [2.75, 3.05) is 17.7 Å². The number of hydrogen-bond donors (Lipinski definition) is 2. The maximum Gasteiger partial charge on any atom is 0.229 e. The molecule has 116 valence electrons. The molecule has 3 aromatic rings. The SMILES string of the molecule is COc1cccc(Nc2nccc(NCc3cccnc3)n2)c1. The minimum Gasteiger partial charge on any atom is -0.497 e. The molecule has 0 amide bonds. The summed E-state index contributed by atoms with van der Waals surface area (Å²) in [5, 5.41) is 6.42. The summed E-state index contributed by atoms with van der Waals surface area (Å²) in [5.74, 6) is 2.05. The van der Waals surface area contributed by atoms with Gasteiger partial charge in [0.1, 0.15) is 11.6 Å². The molecule has 0 atom stereocenters. The maximum atomic E-state index is 5.20. The van der Waals surface area contributed by atoms with Crippen molar-refractivity contribution in [2.45, 2.75) is 6.54 Å². The van der Waals surface area contributed by atoms with Crippen LogP contribution >= 0.6 is 0 Å². The third-order valence-electron chi connectivity index (χ3n) is 3.18. The molecule has 6 heteroatoms. The van der Waals surface area contributed by atoms with Crippen LogP contribution in [0, 0.1) is 0 Å². The molecule has 2 heterocycles. The molecule has 0 saturated heterocycles. The fraction of sp³-hybridized carbons (Fsp3) is 0.118. The summed E-state index contributed by atoms with van der Waals surface area (Å²) >= 11 is 0. The van der Waals surface area contributed by atoms with Crippen LogP contribution in [0.5, 0.6) is 5.75 Å². The second-order valence-corrected chi connectivity index (χ2v) is 4.84. The number of methoxy groups -OCH3 is 1. The predicted molar refractivity (Wildman–Crippen MR) is 89.9 cm³/mol. The Labute approximate surface area is 134 Å². The largest absolute Gasteiger partial charge is 0.497 e. The number of rotatable bonds is 6. The van der Waals surface area contributed by atoms with Crippen LogP contribution in [-0.2, 0) is 6.54 Å². The average Bonchev–Trinajstić information content (AvgIpc) is 2.61. The highest BCUT2D eigenvalue weighted by Gasteiger charge is 2.01. The Morgan fingerprint density at radius 3 is 2.87 bits per heavy atom. The zero-order valence-electron chi connectivity index (χ0n) is 12.7. The van der Waals surface area contributed by atoms with Gasteiger partial charge in [-0.15, -0.1) is 0 Å². The molecule has 0 unspecified atom stereocenters. The van der Waals surface area contributed by atoms with E-state index in [2.05, 4.69) is 25.6 Å². The molecule has 0 aliphatic carbocycles. The molecule has 0 aliphatic rings. The van der Waals surface area contributed by atoms with Crippen molar-refractivity contribution in [3.05, 3.63) is 66.6 Å². The van der Waals surface area contributed by atoms with Crippen LogP contribution in [0.25, 0.3) is 0 Å². The van der Waals surface area contributed by atoms with E-state index >= 15 is 0 Å². The van der Waals surface area contributed by atoms with Crippen molar-refractivity contribution in [3.63, 3.8) is 0 Å². The fourth-order valence-corrected chi connectivity index (χ4v) is 2.04. The highest BCUT2D eigenvalue weighted by Crippen LogP contribution is 2.19. The van der Waals surface area contributed by atoms with E-state index < -0.39 is 0 Å². The summed E-state index contributed by atoms with van der Waals surface area (Å²) in [6.45, 7) is 0.656. The minimum atomic E-state index is 0.523. The first-order valence-electron chi connectivity index (χ1n) is 7.20. The summed E-state index contributed by atoms with van der Waals surface area (Å²) in [6.07, 6.45) is 5.29. The lowest BCUT2D eigenvalue weighted by Crippen LogP contribution is -2.04. The monoisotopic (exact) mass is 307 g/mol. The zero-order chi connectivity index (χ0) is 15.9. The lowest BCUT2D eigenvalue weighted by atomic mass is 10.3. The third-order valence-corrected chi connectivity index (χ3v) is 3.18. The predicted octanol–water partition coefficient (Wildman–Crippen LogP) is 3.24. The van der Waals surface area contributed by atoms with Gasteiger partial charge in [0.25, 0.3) is 0 Å². The fourth-order valence-electron chi connectivity index (χ4n) is 2.04. The van der Waals surface area contributed by atoms with E-state index in [1.165, 1.54) is 0 Å². The number of ether oxygens (including phenoxy) is 1. The lowest BCUT2D eigenvalue weighted by molar-refractivity contribution is 0.415. The number of nitrogens with one attached hydrogen (secondary N) is 2. The first-order valence-corrected chi connectivity index (χ1v) is 7.20. The topological polar surface area (TPSA) is 72.0 Å². The molecule has 0 aliphatic heterocycles. The van der Waals surface area contributed by atoms with Gasteiger partial charge in [0, 0.05) is 36.9 Å². The number of benzene rings is 1. The highest BCUT2D eigenvalue weighted by atomic mass is 16.5. The van der Waals surface area contributed by atoms with E-state index in [0.29, 0.717) is 12.5 Å². The van der Waals surface area contributed by atoms with Crippen LogP contribution in [0.4, 0.5) is 17.5 Å². The molecule has 0 bridgehead atoms. The van der Waals surface area contributed by atoms with Gasteiger partial charge in [0.2, 0.25) is 5.95 Å². The van der Waals surface area contributed by atoms with Crippen molar-refractivity contribution < 1.29 is 4.74 Å². The molecule has 2 aromatic heterocycles.